The Morgan fingerprint density at radius 3 is 2.07 bits per heavy atom. The zero-order chi connectivity index (χ0) is 19.2. The molecule has 0 aromatic heterocycles. The fourth-order valence-corrected chi connectivity index (χ4v) is 3.21. The summed E-state index contributed by atoms with van der Waals surface area (Å²) in [5.41, 5.74) is 4.44. The van der Waals surface area contributed by atoms with Crippen LogP contribution in [0.25, 0.3) is 11.1 Å². The molecule has 6 nitrogen and oxygen atoms in total. The van der Waals surface area contributed by atoms with Crippen molar-refractivity contribution < 1.29 is 23.9 Å². The molecule has 0 radical (unpaired) electrons. The number of hydrogen-bond donors (Lipinski definition) is 1. The average molecular weight is 367 g/mol. The third-order valence-electron chi connectivity index (χ3n) is 4.41. The number of likely N-dealkylation sites (N-methyl/N-ethyl adjacent to an activating group) is 1. The molecule has 1 aliphatic rings. The van der Waals surface area contributed by atoms with E-state index in [0.29, 0.717) is 6.54 Å². The Hall–Kier alpha value is -2.99. The molecule has 0 bridgehead atoms. The van der Waals surface area contributed by atoms with Crippen molar-refractivity contribution in [2.75, 3.05) is 19.7 Å². The van der Waals surface area contributed by atoms with Gasteiger partial charge >= 0.3 is 17.9 Å². The van der Waals surface area contributed by atoms with Crippen LogP contribution in [0.15, 0.2) is 48.5 Å². The molecule has 0 amide bonds. The van der Waals surface area contributed by atoms with Gasteiger partial charge in [-0.2, -0.15) is 0 Å². The molecule has 2 aromatic rings. The van der Waals surface area contributed by atoms with Gasteiger partial charge in [-0.25, -0.2) is 0 Å². The molecule has 0 aliphatic heterocycles. The largest absolute Gasteiger partial charge is 0.464 e. The van der Waals surface area contributed by atoms with Gasteiger partial charge in [0, 0.05) is 5.92 Å². The lowest BCUT2D eigenvalue weighted by Gasteiger charge is -2.14. The molecule has 0 unspecified atom stereocenters. The number of nitrogens with one attached hydrogen (secondary N) is 1. The van der Waals surface area contributed by atoms with E-state index >= 15 is 0 Å². The molecule has 0 spiro atoms. The van der Waals surface area contributed by atoms with Crippen LogP contribution in [0.3, 0.4) is 0 Å². The van der Waals surface area contributed by atoms with Crippen LogP contribution in [0.4, 0.5) is 0 Å². The normalized spacial score (nSPS) is 12.2. The van der Waals surface area contributed by atoms with Gasteiger partial charge in [-0.15, -0.1) is 0 Å². The van der Waals surface area contributed by atoms with E-state index in [9.17, 15) is 14.4 Å². The lowest BCUT2D eigenvalue weighted by atomic mass is 9.98. The number of ether oxygens (including phenoxy) is 2. The molecule has 2 aromatic carbocycles. The van der Waals surface area contributed by atoms with E-state index in [1.54, 1.807) is 0 Å². The van der Waals surface area contributed by atoms with Crippen LogP contribution >= 0.6 is 0 Å². The molecular formula is C21H21NO5. The first kappa shape index (κ1) is 18.8. The summed E-state index contributed by atoms with van der Waals surface area (Å²) in [6.07, 6.45) is -0.589. The summed E-state index contributed by atoms with van der Waals surface area (Å²) in [5, 5.41) is 2.74. The van der Waals surface area contributed by atoms with Crippen molar-refractivity contribution in [1.29, 1.82) is 0 Å². The van der Waals surface area contributed by atoms with Crippen LogP contribution in [0.2, 0.25) is 0 Å². The van der Waals surface area contributed by atoms with Gasteiger partial charge in [-0.3, -0.25) is 14.4 Å². The van der Waals surface area contributed by atoms with E-state index in [0.717, 1.165) is 22.3 Å². The Labute approximate surface area is 157 Å². The molecule has 27 heavy (non-hydrogen) atoms. The topological polar surface area (TPSA) is 81.7 Å². The van der Waals surface area contributed by atoms with Gasteiger partial charge in [-0.05, 0) is 28.8 Å². The minimum absolute atomic E-state index is 0.0762. The summed E-state index contributed by atoms with van der Waals surface area (Å²) in [6, 6.07) is 16.0. The Morgan fingerprint density at radius 1 is 0.889 bits per heavy atom. The van der Waals surface area contributed by atoms with Crippen molar-refractivity contribution in [1.82, 2.24) is 5.32 Å². The molecule has 140 valence electrons. The molecule has 0 heterocycles. The molecule has 0 saturated heterocycles. The van der Waals surface area contributed by atoms with Crippen LogP contribution in [0, 0.1) is 0 Å². The number of esters is 3. The molecule has 1 N–H and O–H groups in total. The highest BCUT2D eigenvalue weighted by Crippen LogP contribution is 2.44. The minimum Gasteiger partial charge on any atom is -0.464 e. The predicted molar refractivity (Wildman–Crippen MR) is 98.9 cm³/mol. The van der Waals surface area contributed by atoms with Gasteiger partial charge in [-0.1, -0.05) is 55.5 Å². The smallest absolute Gasteiger partial charge is 0.327 e. The summed E-state index contributed by atoms with van der Waals surface area (Å²) < 4.78 is 9.87. The minimum atomic E-state index is -0.907. The number of carbonyl (C=O) groups excluding carboxylic acids is 3. The van der Waals surface area contributed by atoms with Crippen molar-refractivity contribution in [3.63, 3.8) is 0 Å². The SMILES string of the molecule is CCNCC(=O)OC(=O)CC(=O)OCC1c2ccccc2-c2ccccc21. The van der Waals surface area contributed by atoms with Gasteiger partial charge in [0.1, 0.15) is 13.0 Å². The molecule has 3 rings (SSSR count). The number of rotatable bonds is 7. The predicted octanol–water partition coefficient (Wildman–Crippen LogP) is 2.41. The highest BCUT2D eigenvalue weighted by atomic mass is 16.6. The second kappa shape index (κ2) is 8.60. The van der Waals surface area contributed by atoms with Gasteiger partial charge in [0.05, 0.1) is 6.54 Å². The second-order valence-electron chi connectivity index (χ2n) is 6.21. The van der Waals surface area contributed by atoms with Gasteiger partial charge in [0.15, 0.2) is 0 Å². The lowest BCUT2D eigenvalue weighted by molar-refractivity contribution is -0.162. The standard InChI is InChI=1S/C21H21NO5/c1-2-22-12-21(25)27-20(24)11-19(23)26-13-18-16-9-5-3-7-14(16)15-8-4-6-10-17(15)18/h3-10,18,22H,2,11-13H2,1H3. The molecule has 6 heteroatoms. The van der Waals surface area contributed by atoms with Gasteiger partial charge < -0.3 is 14.8 Å². The number of hydrogen-bond acceptors (Lipinski definition) is 6. The molecule has 0 saturated carbocycles. The van der Waals surface area contributed by atoms with Crippen LogP contribution in [0.1, 0.15) is 30.4 Å². The van der Waals surface area contributed by atoms with E-state index in [2.05, 4.69) is 10.1 Å². The monoisotopic (exact) mass is 367 g/mol. The first-order chi connectivity index (χ1) is 13.1. The Bertz CT molecular complexity index is 816. The average Bonchev–Trinajstić information content (AvgIpc) is 2.98. The third-order valence-corrected chi connectivity index (χ3v) is 4.41. The summed E-state index contributed by atoms with van der Waals surface area (Å²) in [4.78, 5) is 35.0. The van der Waals surface area contributed by atoms with Gasteiger partial charge in [0.25, 0.3) is 0 Å². The van der Waals surface area contributed by atoms with Crippen LogP contribution < -0.4 is 5.32 Å². The first-order valence-electron chi connectivity index (χ1n) is 8.88. The zero-order valence-corrected chi connectivity index (χ0v) is 15.1. The summed E-state index contributed by atoms with van der Waals surface area (Å²) >= 11 is 0. The van der Waals surface area contributed by atoms with E-state index in [4.69, 9.17) is 4.74 Å². The quantitative estimate of drug-likeness (QED) is 0.598. The Balaban J connectivity index is 1.58. The fourth-order valence-electron chi connectivity index (χ4n) is 3.21. The maximum absolute atomic E-state index is 12.0. The lowest BCUT2D eigenvalue weighted by Crippen LogP contribution is -2.27. The fraction of sp³-hybridized carbons (Fsp3) is 0.286. The van der Waals surface area contributed by atoms with E-state index < -0.39 is 24.3 Å². The molecule has 0 atom stereocenters. The Kier molecular flexibility index (Phi) is 5.98. The number of carbonyl (C=O) groups is 3. The molecule has 1 aliphatic carbocycles. The van der Waals surface area contributed by atoms with Crippen molar-refractivity contribution in [2.24, 2.45) is 0 Å². The van der Waals surface area contributed by atoms with E-state index in [1.165, 1.54) is 0 Å². The highest BCUT2D eigenvalue weighted by Gasteiger charge is 2.29. The maximum Gasteiger partial charge on any atom is 0.327 e. The maximum atomic E-state index is 12.0. The second-order valence-corrected chi connectivity index (χ2v) is 6.21. The number of fused-ring (bicyclic) bond motifs is 3. The Morgan fingerprint density at radius 2 is 1.48 bits per heavy atom. The summed E-state index contributed by atoms with van der Waals surface area (Å²) in [5.74, 6) is -2.41. The third kappa shape index (κ3) is 4.41. The summed E-state index contributed by atoms with van der Waals surface area (Å²) in [6.45, 7) is 2.46. The van der Waals surface area contributed by atoms with Crippen LogP contribution in [-0.4, -0.2) is 37.6 Å². The number of benzene rings is 2. The van der Waals surface area contributed by atoms with Crippen molar-refractivity contribution in [2.45, 2.75) is 19.3 Å². The van der Waals surface area contributed by atoms with Crippen molar-refractivity contribution >= 4 is 17.9 Å². The van der Waals surface area contributed by atoms with Crippen molar-refractivity contribution in [3.8, 4) is 11.1 Å². The molecule has 0 fully saturated rings. The summed E-state index contributed by atoms with van der Waals surface area (Å²) in [7, 11) is 0. The van der Waals surface area contributed by atoms with Gasteiger partial charge in [0.2, 0.25) is 0 Å². The highest BCUT2D eigenvalue weighted by molar-refractivity contribution is 5.96. The van der Waals surface area contributed by atoms with Crippen LogP contribution in [-0.2, 0) is 23.9 Å². The first-order valence-corrected chi connectivity index (χ1v) is 8.88. The molecular weight excluding hydrogens is 346 g/mol. The van der Waals surface area contributed by atoms with Crippen LogP contribution in [0.5, 0.6) is 0 Å². The zero-order valence-electron chi connectivity index (χ0n) is 15.1. The van der Waals surface area contributed by atoms with E-state index in [-0.39, 0.29) is 19.1 Å². The van der Waals surface area contributed by atoms with Crippen molar-refractivity contribution in [3.05, 3.63) is 59.7 Å². The van der Waals surface area contributed by atoms with E-state index in [1.807, 2.05) is 55.5 Å².